The molecular formula is C13H10FNPt-. The van der Waals surface area contributed by atoms with Crippen molar-refractivity contribution in [3.63, 3.8) is 0 Å². The van der Waals surface area contributed by atoms with E-state index < -0.39 is 0 Å². The normalized spacial score (nSPS) is 9.56. The Morgan fingerprint density at radius 2 is 2.06 bits per heavy atom. The van der Waals surface area contributed by atoms with Crippen molar-refractivity contribution in [1.82, 2.24) is 4.98 Å². The second-order valence-electron chi connectivity index (χ2n) is 3.15. The number of aromatic nitrogens is 1. The molecule has 0 N–H and O–H groups in total. The minimum Gasteiger partial charge on any atom is -0.301 e. The summed E-state index contributed by atoms with van der Waals surface area (Å²) in [6.07, 6.45) is 0.251. The first-order valence-corrected chi connectivity index (χ1v) is 4.75. The molecule has 0 fully saturated rings. The molecule has 1 heterocycles. The fraction of sp³-hybridized carbons (Fsp3) is 0.0769. The molecule has 0 aliphatic heterocycles. The zero-order valence-electron chi connectivity index (χ0n) is 8.47. The van der Waals surface area contributed by atoms with E-state index in [-0.39, 0.29) is 27.5 Å². The summed E-state index contributed by atoms with van der Waals surface area (Å²) in [5.74, 6) is 0. The molecule has 0 atom stereocenters. The average Bonchev–Trinajstić information content (AvgIpc) is 2.31. The van der Waals surface area contributed by atoms with E-state index in [1.165, 1.54) is 0 Å². The van der Waals surface area contributed by atoms with Crippen molar-refractivity contribution in [1.29, 1.82) is 0 Å². The summed E-state index contributed by atoms with van der Waals surface area (Å²) in [7, 11) is 0. The Morgan fingerprint density at radius 3 is 2.75 bits per heavy atom. The van der Waals surface area contributed by atoms with Crippen LogP contribution < -0.4 is 0 Å². The summed E-state index contributed by atoms with van der Waals surface area (Å²) >= 11 is 0. The van der Waals surface area contributed by atoms with Crippen LogP contribution in [0.25, 0.3) is 11.3 Å². The van der Waals surface area contributed by atoms with Crippen LogP contribution in [0.4, 0.5) is 4.39 Å². The molecule has 1 aromatic heterocycles. The van der Waals surface area contributed by atoms with Crippen molar-refractivity contribution in [3.05, 3.63) is 60.9 Å². The molecule has 0 unspecified atom stereocenters. The minimum atomic E-state index is 0. The molecule has 85 valence electrons. The predicted octanol–water partition coefficient (Wildman–Crippen LogP) is 3.22. The van der Waals surface area contributed by atoms with Crippen molar-refractivity contribution in [3.8, 4) is 11.3 Å². The molecule has 1 radical (unpaired) electrons. The van der Waals surface area contributed by atoms with E-state index in [4.69, 9.17) is 0 Å². The summed E-state index contributed by atoms with van der Waals surface area (Å²) in [4.78, 5) is 4.33. The molecule has 0 saturated carbocycles. The molecule has 1 nitrogen and oxygen atoms in total. The third kappa shape index (κ3) is 3.24. The minimum absolute atomic E-state index is 0. The maximum atomic E-state index is 12.0. The molecule has 0 spiro atoms. The van der Waals surface area contributed by atoms with Gasteiger partial charge in [0, 0.05) is 33.2 Å². The molecule has 0 aliphatic carbocycles. The van der Waals surface area contributed by atoms with Gasteiger partial charge in [0.2, 0.25) is 0 Å². The fourth-order valence-electron chi connectivity index (χ4n) is 1.37. The van der Waals surface area contributed by atoms with E-state index in [0.29, 0.717) is 6.67 Å². The Kier molecular flexibility index (Phi) is 5.34. The Labute approximate surface area is 109 Å². The van der Waals surface area contributed by atoms with Gasteiger partial charge in [0.1, 0.15) is 6.67 Å². The average molecular weight is 394 g/mol. The number of nitrogens with zero attached hydrogens (tertiary/aromatic N) is 1. The maximum absolute atomic E-state index is 12.0. The van der Waals surface area contributed by atoms with Crippen molar-refractivity contribution in [2.75, 3.05) is 0 Å². The van der Waals surface area contributed by atoms with Gasteiger partial charge in [-0.25, -0.2) is 4.39 Å². The van der Waals surface area contributed by atoms with Gasteiger partial charge in [-0.3, -0.25) is 0 Å². The summed E-state index contributed by atoms with van der Waals surface area (Å²) < 4.78 is 12.0. The van der Waals surface area contributed by atoms with Crippen molar-refractivity contribution >= 4 is 0 Å². The predicted molar refractivity (Wildman–Crippen MR) is 57.6 cm³/mol. The molecule has 1 aromatic carbocycles. The van der Waals surface area contributed by atoms with Crippen LogP contribution in [0, 0.1) is 12.7 Å². The second kappa shape index (κ2) is 6.54. The van der Waals surface area contributed by atoms with Gasteiger partial charge in [0.25, 0.3) is 0 Å². The Hall–Kier alpha value is -1.01. The van der Waals surface area contributed by atoms with Crippen LogP contribution in [0.1, 0.15) is 5.69 Å². The van der Waals surface area contributed by atoms with E-state index in [2.05, 4.69) is 11.1 Å². The first-order valence-electron chi connectivity index (χ1n) is 4.75. The van der Waals surface area contributed by atoms with E-state index in [1.54, 1.807) is 0 Å². The number of halogens is 1. The molecule has 2 rings (SSSR count). The van der Waals surface area contributed by atoms with Gasteiger partial charge in [0.05, 0.1) is 0 Å². The number of pyridine rings is 1. The van der Waals surface area contributed by atoms with E-state index in [0.717, 1.165) is 17.0 Å². The first kappa shape index (κ1) is 13.1. The zero-order chi connectivity index (χ0) is 10.5. The second-order valence-corrected chi connectivity index (χ2v) is 3.15. The Balaban J connectivity index is 0.00000128. The summed E-state index contributed by atoms with van der Waals surface area (Å²) in [6.45, 7) is 0.612. The fourth-order valence-corrected chi connectivity index (χ4v) is 1.37. The molecule has 2 aromatic rings. The number of rotatable bonds is 3. The maximum Gasteiger partial charge on any atom is 0.137 e. The van der Waals surface area contributed by atoms with Crippen LogP contribution in [0.2, 0.25) is 0 Å². The van der Waals surface area contributed by atoms with Gasteiger partial charge in [-0.05, 0) is 11.8 Å². The van der Waals surface area contributed by atoms with Gasteiger partial charge in [-0.1, -0.05) is 12.1 Å². The standard InChI is InChI=1S/C13H10FN.Pt/c14-10-9-12-7-4-8-13(15-12)11-5-2-1-3-6-11;/h1-5,7-8,10H,9H2;/q-1;. The van der Waals surface area contributed by atoms with E-state index in [1.807, 2.05) is 42.5 Å². The SMILES string of the molecule is F[CH]Cc1cccc(-c2[c-]cccc2)n1.[Pt]. The van der Waals surface area contributed by atoms with Crippen LogP contribution in [-0.4, -0.2) is 4.98 Å². The third-order valence-electron chi connectivity index (χ3n) is 2.08. The van der Waals surface area contributed by atoms with Gasteiger partial charge < -0.3 is 4.98 Å². The van der Waals surface area contributed by atoms with Crippen molar-refractivity contribution in [2.45, 2.75) is 6.42 Å². The quantitative estimate of drug-likeness (QED) is 0.729. The topological polar surface area (TPSA) is 12.9 Å². The number of benzene rings is 1. The van der Waals surface area contributed by atoms with Crippen LogP contribution in [0.3, 0.4) is 0 Å². The molecule has 0 bridgehead atoms. The molecule has 3 heteroatoms. The van der Waals surface area contributed by atoms with Crippen LogP contribution in [0.5, 0.6) is 0 Å². The van der Waals surface area contributed by atoms with Crippen LogP contribution in [-0.2, 0) is 27.5 Å². The molecular weight excluding hydrogens is 384 g/mol. The summed E-state index contributed by atoms with van der Waals surface area (Å²) in [5.41, 5.74) is 2.49. The zero-order valence-corrected chi connectivity index (χ0v) is 10.7. The van der Waals surface area contributed by atoms with E-state index in [9.17, 15) is 4.39 Å². The molecule has 0 saturated heterocycles. The molecule has 16 heavy (non-hydrogen) atoms. The monoisotopic (exact) mass is 394 g/mol. The Bertz CT molecular complexity index is 431. The van der Waals surface area contributed by atoms with Crippen molar-refractivity contribution < 1.29 is 25.5 Å². The van der Waals surface area contributed by atoms with E-state index >= 15 is 0 Å². The van der Waals surface area contributed by atoms with Gasteiger partial charge in [-0.2, -0.15) is 0 Å². The van der Waals surface area contributed by atoms with Gasteiger partial charge in [-0.15, -0.1) is 35.9 Å². The van der Waals surface area contributed by atoms with Gasteiger partial charge >= 0.3 is 0 Å². The van der Waals surface area contributed by atoms with Crippen molar-refractivity contribution in [2.24, 2.45) is 0 Å². The molecule has 0 aliphatic rings. The third-order valence-corrected chi connectivity index (χ3v) is 2.08. The van der Waals surface area contributed by atoms with Gasteiger partial charge in [0.15, 0.2) is 0 Å². The first-order chi connectivity index (χ1) is 7.40. The number of hydrogen-bond donors (Lipinski definition) is 0. The molecule has 0 amide bonds. The summed E-state index contributed by atoms with van der Waals surface area (Å²) in [6, 6.07) is 16.3. The largest absolute Gasteiger partial charge is 0.301 e. The summed E-state index contributed by atoms with van der Waals surface area (Å²) in [5, 5.41) is 0. The van der Waals surface area contributed by atoms with Crippen LogP contribution in [0.15, 0.2) is 42.5 Å². The Morgan fingerprint density at radius 1 is 1.19 bits per heavy atom. The smallest absolute Gasteiger partial charge is 0.137 e. The number of hydrogen-bond acceptors (Lipinski definition) is 1. The van der Waals surface area contributed by atoms with Crippen LogP contribution >= 0.6 is 0 Å².